The van der Waals surface area contributed by atoms with Gasteiger partial charge in [-0.3, -0.25) is 0 Å². The van der Waals surface area contributed by atoms with Crippen molar-refractivity contribution in [3.05, 3.63) is 51.1 Å². The fourth-order valence-electron chi connectivity index (χ4n) is 1.53. The Morgan fingerprint density at radius 2 is 1.89 bits per heavy atom. The van der Waals surface area contributed by atoms with E-state index in [9.17, 15) is 0 Å². The number of nitrogens with zero attached hydrogens (tertiary/aromatic N) is 2. The van der Waals surface area contributed by atoms with Crippen molar-refractivity contribution in [1.29, 1.82) is 5.26 Å². The predicted octanol–water partition coefficient (Wildman–Crippen LogP) is 4.77. The first-order valence-electron chi connectivity index (χ1n) is 5.10. The van der Waals surface area contributed by atoms with Gasteiger partial charge in [0.25, 0.3) is 0 Å². The van der Waals surface area contributed by atoms with Crippen LogP contribution in [0.25, 0.3) is 11.3 Å². The summed E-state index contributed by atoms with van der Waals surface area (Å²) >= 11 is 18.1. The number of hydrogen-bond donors (Lipinski definition) is 0. The van der Waals surface area contributed by atoms with Crippen LogP contribution >= 0.6 is 34.8 Å². The summed E-state index contributed by atoms with van der Waals surface area (Å²) < 4.78 is 0. The molecule has 0 amide bonds. The maximum atomic E-state index is 8.64. The minimum absolute atomic E-state index is 0.232. The molecule has 18 heavy (non-hydrogen) atoms. The average molecular weight is 298 g/mol. The molecular weight excluding hydrogens is 291 g/mol. The van der Waals surface area contributed by atoms with E-state index < -0.39 is 0 Å². The fourth-order valence-corrected chi connectivity index (χ4v) is 2.15. The van der Waals surface area contributed by atoms with Crippen LogP contribution in [0.5, 0.6) is 0 Å². The third-order valence-electron chi connectivity index (χ3n) is 2.42. The van der Waals surface area contributed by atoms with Gasteiger partial charge in [-0.2, -0.15) is 5.26 Å². The summed E-state index contributed by atoms with van der Waals surface area (Å²) in [6.07, 6.45) is 0.232. The number of halogens is 3. The molecule has 2 nitrogen and oxygen atoms in total. The molecular formula is C13H7Cl3N2. The molecule has 0 saturated carbocycles. The highest BCUT2D eigenvalue weighted by atomic mass is 35.5. The average Bonchev–Trinajstić information content (AvgIpc) is 2.35. The lowest BCUT2D eigenvalue weighted by Gasteiger charge is -2.07. The quantitative estimate of drug-likeness (QED) is 0.748. The molecule has 0 unspecified atom stereocenters. The molecule has 0 bridgehead atoms. The van der Waals surface area contributed by atoms with Crippen LogP contribution in [-0.2, 0) is 6.42 Å². The summed E-state index contributed by atoms with van der Waals surface area (Å²) in [5, 5.41) is 9.85. The maximum Gasteiger partial charge on any atom is 0.133 e. The molecule has 0 aliphatic carbocycles. The van der Waals surface area contributed by atoms with Gasteiger partial charge in [-0.05, 0) is 12.1 Å². The van der Waals surface area contributed by atoms with Crippen LogP contribution in [0.2, 0.25) is 15.2 Å². The first kappa shape index (κ1) is 13.2. The van der Waals surface area contributed by atoms with Crippen LogP contribution in [0.1, 0.15) is 5.56 Å². The van der Waals surface area contributed by atoms with E-state index in [1.54, 1.807) is 24.3 Å². The van der Waals surface area contributed by atoms with Crippen molar-refractivity contribution in [2.75, 3.05) is 0 Å². The molecule has 0 radical (unpaired) electrons. The Morgan fingerprint density at radius 3 is 2.56 bits per heavy atom. The number of pyridine rings is 1. The van der Waals surface area contributed by atoms with Crippen molar-refractivity contribution in [2.45, 2.75) is 6.42 Å². The van der Waals surface area contributed by atoms with Crippen LogP contribution in [0, 0.1) is 11.3 Å². The number of hydrogen-bond acceptors (Lipinski definition) is 2. The summed E-state index contributed by atoms with van der Waals surface area (Å²) in [5.74, 6) is 0. The standard InChI is InChI=1S/C13H7Cl3N2/c14-10-3-1-2-9(12(10)15)11-5-4-8(6-7-17)13(16)18-11/h1-5H,6H2. The lowest BCUT2D eigenvalue weighted by atomic mass is 10.1. The van der Waals surface area contributed by atoms with Crippen LogP contribution in [0.15, 0.2) is 30.3 Å². The van der Waals surface area contributed by atoms with Gasteiger partial charge >= 0.3 is 0 Å². The molecule has 0 spiro atoms. The van der Waals surface area contributed by atoms with Gasteiger partial charge in [0.2, 0.25) is 0 Å². The van der Waals surface area contributed by atoms with Crippen molar-refractivity contribution in [2.24, 2.45) is 0 Å². The Hall–Kier alpha value is -1.27. The van der Waals surface area contributed by atoms with E-state index in [0.717, 1.165) is 5.56 Å². The first-order valence-corrected chi connectivity index (χ1v) is 6.23. The third kappa shape index (κ3) is 2.59. The second-order valence-electron chi connectivity index (χ2n) is 3.58. The van der Waals surface area contributed by atoms with Gasteiger partial charge in [0, 0.05) is 11.1 Å². The Labute approximate surface area is 120 Å². The van der Waals surface area contributed by atoms with Gasteiger partial charge in [0.1, 0.15) is 5.15 Å². The smallest absolute Gasteiger partial charge is 0.133 e. The highest BCUT2D eigenvalue weighted by Gasteiger charge is 2.10. The number of rotatable bonds is 2. The molecule has 0 aliphatic heterocycles. The molecule has 2 rings (SSSR count). The highest BCUT2D eigenvalue weighted by molar-refractivity contribution is 6.43. The molecule has 0 fully saturated rings. The van der Waals surface area contributed by atoms with E-state index in [4.69, 9.17) is 40.1 Å². The molecule has 90 valence electrons. The van der Waals surface area contributed by atoms with Crippen molar-refractivity contribution in [3.63, 3.8) is 0 Å². The molecule has 0 N–H and O–H groups in total. The molecule has 0 aliphatic rings. The molecule has 0 atom stereocenters. The largest absolute Gasteiger partial charge is 0.236 e. The zero-order valence-electron chi connectivity index (χ0n) is 9.12. The number of benzene rings is 1. The fraction of sp³-hybridized carbons (Fsp3) is 0.0769. The van der Waals surface area contributed by atoms with E-state index >= 15 is 0 Å². The Kier molecular flexibility index (Phi) is 4.08. The number of nitriles is 1. The van der Waals surface area contributed by atoms with Crippen molar-refractivity contribution in [1.82, 2.24) is 4.98 Å². The Balaban J connectivity index is 2.50. The topological polar surface area (TPSA) is 36.7 Å². The zero-order valence-corrected chi connectivity index (χ0v) is 11.4. The molecule has 1 aromatic carbocycles. The minimum atomic E-state index is 0.232. The predicted molar refractivity (Wildman–Crippen MR) is 74.0 cm³/mol. The van der Waals surface area contributed by atoms with E-state index in [1.165, 1.54) is 0 Å². The molecule has 1 aromatic heterocycles. The first-order chi connectivity index (χ1) is 8.63. The summed E-state index contributed by atoms with van der Waals surface area (Å²) in [4.78, 5) is 4.24. The van der Waals surface area contributed by atoms with Crippen LogP contribution < -0.4 is 0 Å². The van der Waals surface area contributed by atoms with Gasteiger partial charge in [0.15, 0.2) is 0 Å². The molecule has 2 aromatic rings. The van der Waals surface area contributed by atoms with Crippen molar-refractivity contribution in [3.8, 4) is 17.3 Å². The summed E-state index contributed by atoms with van der Waals surface area (Å²) in [7, 11) is 0. The van der Waals surface area contributed by atoms with Crippen LogP contribution in [0.4, 0.5) is 0 Å². The SMILES string of the molecule is N#CCc1ccc(-c2cccc(Cl)c2Cl)nc1Cl. The van der Waals surface area contributed by atoms with Gasteiger partial charge < -0.3 is 0 Å². The summed E-state index contributed by atoms with van der Waals surface area (Å²) in [6, 6.07) is 10.9. The number of aromatic nitrogens is 1. The van der Waals surface area contributed by atoms with E-state index in [2.05, 4.69) is 4.98 Å². The van der Waals surface area contributed by atoms with E-state index in [-0.39, 0.29) is 6.42 Å². The lowest BCUT2D eigenvalue weighted by molar-refractivity contribution is 1.19. The van der Waals surface area contributed by atoms with Crippen LogP contribution in [-0.4, -0.2) is 4.98 Å². The van der Waals surface area contributed by atoms with Gasteiger partial charge in [-0.25, -0.2) is 4.98 Å². The van der Waals surface area contributed by atoms with Gasteiger partial charge in [-0.1, -0.05) is 53.0 Å². The summed E-state index contributed by atoms with van der Waals surface area (Å²) in [6.45, 7) is 0. The van der Waals surface area contributed by atoms with Crippen LogP contribution in [0.3, 0.4) is 0 Å². The summed E-state index contributed by atoms with van der Waals surface area (Å²) in [5.41, 5.74) is 2.05. The van der Waals surface area contributed by atoms with Gasteiger partial charge in [-0.15, -0.1) is 0 Å². The second kappa shape index (κ2) is 5.58. The molecule has 0 saturated heterocycles. The third-order valence-corrected chi connectivity index (χ3v) is 3.57. The minimum Gasteiger partial charge on any atom is -0.236 e. The van der Waals surface area contributed by atoms with Gasteiger partial charge in [0.05, 0.1) is 28.2 Å². The monoisotopic (exact) mass is 296 g/mol. The molecule has 1 heterocycles. The Morgan fingerprint density at radius 1 is 1.11 bits per heavy atom. The lowest BCUT2D eigenvalue weighted by Crippen LogP contribution is -1.91. The zero-order chi connectivity index (χ0) is 13.1. The second-order valence-corrected chi connectivity index (χ2v) is 4.73. The van der Waals surface area contributed by atoms with Crippen molar-refractivity contribution < 1.29 is 0 Å². The van der Waals surface area contributed by atoms with Crippen molar-refractivity contribution >= 4 is 34.8 Å². The molecule has 5 heteroatoms. The normalized spacial score (nSPS) is 10.1. The van der Waals surface area contributed by atoms with E-state index in [1.807, 2.05) is 12.1 Å². The van der Waals surface area contributed by atoms with E-state index in [0.29, 0.717) is 26.5 Å². The Bertz CT molecular complexity index is 633. The highest BCUT2D eigenvalue weighted by Crippen LogP contribution is 2.33. The maximum absolute atomic E-state index is 8.64.